The molecule has 0 aromatic heterocycles. The number of hydrogen-bond donors (Lipinski definition) is 0. The van der Waals surface area contributed by atoms with Gasteiger partial charge < -0.3 is 0 Å². The first-order valence-corrected chi connectivity index (χ1v) is 26.1. The second-order valence-corrected chi connectivity index (χ2v) is 32.6. The predicted octanol–water partition coefficient (Wildman–Crippen LogP) is 4.70. The minimum Gasteiger partial charge on any atom is -0.0656 e. The molecule has 4 rings (SSSR count). The third-order valence-electron chi connectivity index (χ3n) is 7.69. The van der Waals surface area contributed by atoms with Crippen molar-refractivity contribution in [2.45, 2.75) is 58.9 Å². The highest BCUT2D eigenvalue weighted by atomic mass is 28.3. The molecule has 4 aromatic rings. The molecule has 0 fully saturated rings. The molecule has 0 radical (unpaired) electrons. The van der Waals surface area contributed by atoms with Gasteiger partial charge in [0.2, 0.25) is 0 Å². The maximum atomic E-state index is 2.59. The van der Waals surface area contributed by atoms with E-state index in [-0.39, 0.29) is 0 Å². The average molecular weight is 553 g/mol. The Morgan fingerprint density at radius 1 is 0.297 bits per heavy atom. The quantitative estimate of drug-likeness (QED) is 0.230. The highest BCUT2D eigenvalue weighted by Crippen LogP contribution is 2.12. The molecule has 0 amide bonds. The van der Waals surface area contributed by atoms with E-state index in [1.807, 2.05) is 0 Å². The molecule has 0 saturated heterocycles. The van der Waals surface area contributed by atoms with E-state index in [2.05, 4.69) is 162 Å². The summed E-state index contributed by atoms with van der Waals surface area (Å²) in [4.78, 5) is 0. The van der Waals surface area contributed by atoms with Crippen molar-refractivity contribution in [2.24, 2.45) is 0 Å². The Kier molecular flexibility index (Phi) is 7.61. The smallest absolute Gasteiger partial charge is 0.0656 e. The highest BCUT2D eigenvalue weighted by molar-refractivity contribution is 7.20. The van der Waals surface area contributed by atoms with Gasteiger partial charge in [0, 0.05) is 0 Å². The molecule has 0 spiro atoms. The van der Waals surface area contributed by atoms with Crippen LogP contribution in [-0.4, -0.2) is 32.3 Å². The molecule has 0 aliphatic heterocycles. The van der Waals surface area contributed by atoms with Crippen LogP contribution in [0.4, 0.5) is 0 Å². The zero-order valence-corrected chi connectivity index (χ0v) is 28.3. The maximum Gasteiger partial charge on any atom is 0.179 e. The molecule has 0 saturated carbocycles. The normalized spacial score (nSPS) is 13.0. The predicted molar refractivity (Wildman–Crippen MR) is 179 cm³/mol. The molecule has 4 heteroatoms. The molecule has 192 valence electrons. The topological polar surface area (TPSA) is 0 Å². The van der Waals surface area contributed by atoms with Gasteiger partial charge in [0.15, 0.2) is 8.07 Å². The van der Waals surface area contributed by atoms with Crippen molar-refractivity contribution in [1.82, 2.24) is 0 Å². The summed E-state index contributed by atoms with van der Waals surface area (Å²) in [7, 11) is -7.04. The summed E-state index contributed by atoms with van der Waals surface area (Å²) in [5.41, 5.74) is 0. The molecule has 4 aromatic carbocycles. The van der Waals surface area contributed by atoms with E-state index in [4.69, 9.17) is 0 Å². The molecular weight excluding hydrogens is 509 g/mol. The summed E-state index contributed by atoms with van der Waals surface area (Å²) in [6.45, 7) is 22.2. The summed E-state index contributed by atoms with van der Waals surface area (Å²) in [6.07, 6.45) is 0. The fourth-order valence-electron chi connectivity index (χ4n) is 5.35. The van der Waals surface area contributed by atoms with Crippen molar-refractivity contribution >= 4 is 68.6 Å². The monoisotopic (exact) mass is 552 g/mol. The third-order valence-corrected chi connectivity index (χ3v) is 18.6. The van der Waals surface area contributed by atoms with Gasteiger partial charge >= 0.3 is 0 Å². The molecule has 0 unspecified atom stereocenters. The standard InChI is InChI=1S/C33H44Si4/c1-34(2,3)28-18-13-21-31(24-28)37(27-16-11-10-12-17-27,32-22-14-19-29(25-32)35(4,5)6)33-23-15-20-30(26-33)36(7,8)9/h10-26H,1-9H3. The Hall–Kier alpha value is -2.25. The van der Waals surface area contributed by atoms with E-state index in [9.17, 15) is 0 Å². The molecule has 0 N–H and O–H groups in total. The highest BCUT2D eigenvalue weighted by Gasteiger charge is 2.42. The third kappa shape index (κ3) is 5.63. The Morgan fingerprint density at radius 3 is 0.865 bits per heavy atom. The lowest BCUT2D eigenvalue weighted by Gasteiger charge is -2.37. The fourth-order valence-corrected chi connectivity index (χ4v) is 14.2. The summed E-state index contributed by atoms with van der Waals surface area (Å²) < 4.78 is 0. The molecule has 0 aliphatic carbocycles. The first-order valence-electron chi connectivity index (χ1n) is 13.6. The number of hydrogen-bond acceptors (Lipinski definition) is 0. The van der Waals surface area contributed by atoms with Crippen molar-refractivity contribution in [3.05, 3.63) is 103 Å². The van der Waals surface area contributed by atoms with Crippen LogP contribution in [0.15, 0.2) is 103 Å². The van der Waals surface area contributed by atoms with Crippen molar-refractivity contribution in [3.8, 4) is 0 Å². The molecular formula is C33H44Si4. The Labute approximate surface area is 229 Å². The Bertz CT molecular complexity index is 1230. The van der Waals surface area contributed by atoms with Gasteiger partial charge in [-0.15, -0.1) is 0 Å². The van der Waals surface area contributed by atoms with E-state index >= 15 is 0 Å². The zero-order valence-electron chi connectivity index (χ0n) is 24.3. The maximum absolute atomic E-state index is 2.59. The van der Waals surface area contributed by atoms with Gasteiger partial charge in [0.1, 0.15) is 0 Å². The lowest BCUT2D eigenvalue weighted by molar-refractivity contribution is 1.65. The average Bonchev–Trinajstić information content (AvgIpc) is 2.84. The number of rotatable bonds is 7. The van der Waals surface area contributed by atoms with Gasteiger partial charge in [-0.05, 0) is 20.7 Å². The van der Waals surface area contributed by atoms with Crippen molar-refractivity contribution in [1.29, 1.82) is 0 Å². The molecule has 0 atom stereocenters. The molecule has 0 heterocycles. The molecule has 0 bridgehead atoms. The minimum absolute atomic E-state index is 1.48. The van der Waals surface area contributed by atoms with Crippen LogP contribution in [-0.2, 0) is 0 Å². The van der Waals surface area contributed by atoms with Crippen LogP contribution in [0, 0.1) is 0 Å². The lowest BCUT2D eigenvalue weighted by Crippen LogP contribution is -2.76. The summed E-state index contributed by atoms with van der Waals surface area (Å²) in [5, 5.41) is 10.6. The van der Waals surface area contributed by atoms with Gasteiger partial charge in [-0.1, -0.05) is 178 Å². The molecule has 37 heavy (non-hydrogen) atoms. The van der Waals surface area contributed by atoms with Crippen molar-refractivity contribution in [2.75, 3.05) is 0 Å². The van der Waals surface area contributed by atoms with E-state index in [1.165, 1.54) is 20.7 Å². The van der Waals surface area contributed by atoms with Gasteiger partial charge in [0.05, 0.1) is 24.2 Å². The largest absolute Gasteiger partial charge is 0.179 e. The van der Waals surface area contributed by atoms with Gasteiger partial charge in [-0.3, -0.25) is 0 Å². The Balaban J connectivity index is 2.19. The van der Waals surface area contributed by atoms with E-state index < -0.39 is 32.3 Å². The van der Waals surface area contributed by atoms with E-state index in [1.54, 1.807) is 15.6 Å². The van der Waals surface area contributed by atoms with Gasteiger partial charge in [0.25, 0.3) is 0 Å². The van der Waals surface area contributed by atoms with Crippen LogP contribution in [0.3, 0.4) is 0 Å². The fraction of sp³-hybridized carbons (Fsp3) is 0.273. The summed E-state index contributed by atoms with van der Waals surface area (Å²) >= 11 is 0. The molecule has 0 nitrogen and oxygen atoms in total. The van der Waals surface area contributed by atoms with Crippen LogP contribution < -0.4 is 36.3 Å². The minimum atomic E-state index is -2.56. The second kappa shape index (κ2) is 10.1. The first-order chi connectivity index (χ1) is 17.2. The SMILES string of the molecule is C[Si](C)(C)c1cccc([Si](c2ccccc2)(c2cccc([Si](C)(C)C)c2)c2cccc([Si](C)(C)C)c2)c1. The van der Waals surface area contributed by atoms with Crippen LogP contribution in [0.2, 0.25) is 58.9 Å². The van der Waals surface area contributed by atoms with Gasteiger partial charge in [-0.25, -0.2) is 0 Å². The van der Waals surface area contributed by atoms with Crippen LogP contribution >= 0.6 is 0 Å². The van der Waals surface area contributed by atoms with E-state index in [0.717, 1.165) is 0 Å². The Morgan fingerprint density at radius 2 is 0.568 bits per heavy atom. The van der Waals surface area contributed by atoms with E-state index in [0.29, 0.717) is 0 Å². The first kappa shape index (κ1) is 27.8. The van der Waals surface area contributed by atoms with Gasteiger partial charge in [-0.2, -0.15) is 0 Å². The second-order valence-electron chi connectivity index (χ2n) is 13.6. The lowest BCUT2D eigenvalue weighted by atomic mass is 10.3. The van der Waals surface area contributed by atoms with Crippen molar-refractivity contribution in [3.63, 3.8) is 0 Å². The van der Waals surface area contributed by atoms with Crippen molar-refractivity contribution < 1.29 is 0 Å². The van der Waals surface area contributed by atoms with Crippen LogP contribution in [0.1, 0.15) is 0 Å². The molecule has 0 aliphatic rings. The van der Waals surface area contributed by atoms with Crippen LogP contribution in [0.5, 0.6) is 0 Å². The van der Waals surface area contributed by atoms with Crippen LogP contribution in [0.25, 0.3) is 0 Å². The number of benzene rings is 4. The summed E-state index contributed by atoms with van der Waals surface area (Å²) in [5.74, 6) is 0. The zero-order chi connectivity index (χ0) is 27.1. The summed E-state index contributed by atoms with van der Waals surface area (Å²) in [6, 6.07) is 40.6.